The summed E-state index contributed by atoms with van der Waals surface area (Å²) in [5.74, 6) is -0.0781. The van der Waals surface area contributed by atoms with Crippen LogP contribution in [0.1, 0.15) is 39.0 Å². The molecule has 1 aliphatic carbocycles. The van der Waals surface area contributed by atoms with Gasteiger partial charge in [0.25, 0.3) is 0 Å². The van der Waals surface area contributed by atoms with Crippen molar-refractivity contribution in [3.05, 3.63) is 30.3 Å². The summed E-state index contributed by atoms with van der Waals surface area (Å²) >= 11 is 5.87. The van der Waals surface area contributed by atoms with E-state index >= 15 is 0 Å². The van der Waals surface area contributed by atoms with Crippen molar-refractivity contribution in [1.29, 1.82) is 0 Å². The van der Waals surface area contributed by atoms with Gasteiger partial charge >= 0.3 is 12.8 Å². The fourth-order valence-corrected chi connectivity index (χ4v) is 4.07. The Morgan fingerprint density at radius 3 is 2.55 bits per heavy atom. The summed E-state index contributed by atoms with van der Waals surface area (Å²) in [6, 6.07) is 7.78. The third-order valence-electron chi connectivity index (χ3n) is 3.50. The number of rotatable bonds is 6. The Bertz CT molecular complexity index is 534. The molecule has 0 heterocycles. The highest BCUT2D eigenvalue weighted by Crippen LogP contribution is 2.48. The lowest BCUT2D eigenvalue weighted by atomic mass is 9.98. The Hall–Kier alpha value is -1.03. The lowest BCUT2D eigenvalue weighted by Crippen LogP contribution is -2.36. The quantitative estimate of drug-likeness (QED) is 0.616. The largest absolute Gasteiger partial charge is 0.461 e. The summed E-state index contributed by atoms with van der Waals surface area (Å²) in [5, 5.41) is 2.52. The Kier molecular flexibility index (Phi) is 6.30. The zero-order valence-electron chi connectivity index (χ0n) is 12.5. The van der Waals surface area contributed by atoms with E-state index in [1.807, 2.05) is 6.07 Å². The number of hydrogen-bond donors (Lipinski definition) is 1. The Balaban J connectivity index is 1.85. The molecule has 0 amide bonds. The Morgan fingerprint density at radius 1 is 1.27 bits per heavy atom. The van der Waals surface area contributed by atoms with E-state index in [0.29, 0.717) is 5.75 Å². The molecule has 1 saturated carbocycles. The standard InChI is InChI=1S/C15H21ClNO4P/c1-12(15(18)20-13-8-4-2-5-9-13)17-22(16,19)21-14-10-6-3-7-11-14/h3,6-7,10-13H,2,4-5,8-9H2,1H3,(H,17,19). The van der Waals surface area contributed by atoms with Crippen molar-refractivity contribution >= 4 is 24.1 Å². The molecule has 1 aromatic rings. The number of carbonyl (C=O) groups excluding carboxylic acids is 1. The van der Waals surface area contributed by atoms with Crippen LogP contribution in [-0.4, -0.2) is 18.1 Å². The van der Waals surface area contributed by atoms with Crippen molar-refractivity contribution < 1.29 is 18.6 Å². The van der Waals surface area contributed by atoms with Crippen molar-refractivity contribution in [3.63, 3.8) is 0 Å². The minimum Gasteiger partial charge on any atom is -0.461 e. The summed E-state index contributed by atoms with van der Waals surface area (Å²) in [4.78, 5) is 12.0. The molecule has 0 saturated heterocycles. The fraction of sp³-hybridized carbons (Fsp3) is 0.533. The van der Waals surface area contributed by atoms with Crippen molar-refractivity contribution in [2.24, 2.45) is 0 Å². The molecule has 2 unspecified atom stereocenters. The highest BCUT2D eigenvalue weighted by Gasteiger charge is 2.29. The monoisotopic (exact) mass is 345 g/mol. The zero-order chi connectivity index (χ0) is 16.0. The first-order valence-corrected chi connectivity index (χ1v) is 10.0. The van der Waals surface area contributed by atoms with Gasteiger partial charge in [0.2, 0.25) is 0 Å². The Morgan fingerprint density at radius 2 is 1.91 bits per heavy atom. The second kappa shape index (κ2) is 8.00. The van der Waals surface area contributed by atoms with Gasteiger partial charge in [-0.05, 0) is 44.7 Å². The second-order valence-corrected chi connectivity index (χ2v) is 8.17. The molecule has 1 aromatic carbocycles. The van der Waals surface area contributed by atoms with Crippen molar-refractivity contribution in [3.8, 4) is 5.75 Å². The van der Waals surface area contributed by atoms with Crippen LogP contribution in [0.15, 0.2) is 30.3 Å². The fourth-order valence-electron chi connectivity index (χ4n) is 2.38. The maximum absolute atomic E-state index is 12.2. The smallest absolute Gasteiger partial charge is 0.409 e. The van der Waals surface area contributed by atoms with Gasteiger partial charge in [-0.25, -0.2) is 9.65 Å². The summed E-state index contributed by atoms with van der Waals surface area (Å²) in [7, 11) is 0. The van der Waals surface area contributed by atoms with Crippen LogP contribution < -0.4 is 9.61 Å². The number of para-hydroxylation sites is 1. The van der Waals surface area contributed by atoms with E-state index in [0.717, 1.165) is 25.7 Å². The average Bonchev–Trinajstić information content (AvgIpc) is 2.48. The summed E-state index contributed by atoms with van der Waals surface area (Å²) in [6.45, 7) is -2.09. The van der Waals surface area contributed by atoms with Gasteiger partial charge in [-0.3, -0.25) is 4.79 Å². The van der Waals surface area contributed by atoms with E-state index in [2.05, 4.69) is 5.09 Å². The number of nitrogens with one attached hydrogen (secondary N) is 1. The van der Waals surface area contributed by atoms with Crippen LogP contribution in [0.3, 0.4) is 0 Å². The van der Waals surface area contributed by atoms with Gasteiger partial charge in [0.05, 0.1) is 0 Å². The maximum Gasteiger partial charge on any atom is 0.409 e. The molecule has 7 heteroatoms. The summed E-state index contributed by atoms with van der Waals surface area (Å²) < 4.78 is 22.8. The molecule has 0 spiro atoms. The lowest BCUT2D eigenvalue weighted by Gasteiger charge is -2.24. The topological polar surface area (TPSA) is 64.6 Å². The SMILES string of the molecule is CC(NP(=O)(Cl)Oc1ccccc1)C(=O)OC1CCCCC1. The second-order valence-electron chi connectivity index (χ2n) is 5.43. The van der Waals surface area contributed by atoms with Gasteiger partial charge in [0.1, 0.15) is 17.9 Å². The first-order valence-electron chi connectivity index (χ1n) is 7.49. The minimum absolute atomic E-state index is 0.0461. The Labute approximate surface area is 135 Å². The van der Waals surface area contributed by atoms with Crippen LogP contribution in [0, 0.1) is 0 Å². The van der Waals surface area contributed by atoms with E-state index in [4.69, 9.17) is 20.5 Å². The number of halogens is 1. The molecular formula is C15H21ClNO4P. The van der Waals surface area contributed by atoms with Gasteiger partial charge in [0.15, 0.2) is 0 Å². The predicted molar refractivity (Wildman–Crippen MR) is 86.1 cm³/mol. The molecule has 5 nitrogen and oxygen atoms in total. The number of ether oxygens (including phenoxy) is 1. The molecule has 0 radical (unpaired) electrons. The first-order chi connectivity index (χ1) is 10.5. The van der Waals surface area contributed by atoms with Gasteiger partial charge in [-0.15, -0.1) is 0 Å². The van der Waals surface area contributed by atoms with Crippen LogP contribution in [0.4, 0.5) is 0 Å². The molecule has 0 aromatic heterocycles. The van der Waals surface area contributed by atoms with Crippen LogP contribution in [0.5, 0.6) is 5.75 Å². The molecule has 0 bridgehead atoms. The number of benzene rings is 1. The van der Waals surface area contributed by atoms with E-state index < -0.39 is 18.9 Å². The average molecular weight is 346 g/mol. The van der Waals surface area contributed by atoms with E-state index in [1.165, 1.54) is 6.42 Å². The number of carbonyl (C=O) groups is 1. The molecule has 22 heavy (non-hydrogen) atoms. The van der Waals surface area contributed by atoms with Gasteiger partial charge < -0.3 is 9.26 Å². The summed E-state index contributed by atoms with van der Waals surface area (Å²) in [5.41, 5.74) is 0. The van der Waals surface area contributed by atoms with E-state index in [9.17, 15) is 9.36 Å². The normalized spacial score (nSPS) is 19.9. The molecular weight excluding hydrogens is 325 g/mol. The molecule has 1 aliphatic rings. The van der Waals surface area contributed by atoms with Gasteiger partial charge in [-0.1, -0.05) is 24.6 Å². The zero-order valence-corrected chi connectivity index (χ0v) is 14.2. The van der Waals surface area contributed by atoms with Crippen LogP contribution in [-0.2, 0) is 14.1 Å². The summed E-state index contributed by atoms with van der Waals surface area (Å²) in [6.07, 6.45) is 5.06. The highest BCUT2D eigenvalue weighted by atomic mass is 35.7. The van der Waals surface area contributed by atoms with Crippen molar-refractivity contribution in [2.75, 3.05) is 0 Å². The third-order valence-corrected chi connectivity index (χ3v) is 5.14. The molecule has 0 aliphatic heterocycles. The molecule has 1 N–H and O–H groups in total. The van der Waals surface area contributed by atoms with E-state index in [1.54, 1.807) is 31.2 Å². The number of hydrogen-bond acceptors (Lipinski definition) is 4. The minimum atomic E-state index is -3.66. The van der Waals surface area contributed by atoms with Crippen molar-refractivity contribution in [1.82, 2.24) is 5.09 Å². The molecule has 2 atom stereocenters. The van der Waals surface area contributed by atoms with Gasteiger partial charge in [0, 0.05) is 11.2 Å². The third kappa shape index (κ3) is 5.64. The predicted octanol–water partition coefficient (Wildman–Crippen LogP) is 4.27. The molecule has 1 fully saturated rings. The molecule has 2 rings (SSSR count). The number of esters is 1. The van der Waals surface area contributed by atoms with Crippen molar-refractivity contribution in [2.45, 2.75) is 51.2 Å². The lowest BCUT2D eigenvalue weighted by molar-refractivity contribution is -0.152. The molecule has 122 valence electrons. The van der Waals surface area contributed by atoms with E-state index in [-0.39, 0.29) is 6.10 Å². The van der Waals surface area contributed by atoms with Gasteiger partial charge in [-0.2, -0.15) is 0 Å². The highest BCUT2D eigenvalue weighted by molar-refractivity contribution is 7.84. The van der Waals surface area contributed by atoms with Crippen LogP contribution >= 0.6 is 18.1 Å². The van der Waals surface area contributed by atoms with Crippen LogP contribution in [0.25, 0.3) is 0 Å². The maximum atomic E-state index is 12.2. The first kappa shape index (κ1) is 17.3. The van der Waals surface area contributed by atoms with Crippen LogP contribution in [0.2, 0.25) is 0 Å².